The summed E-state index contributed by atoms with van der Waals surface area (Å²) in [5.41, 5.74) is 0.517. The van der Waals surface area contributed by atoms with E-state index in [1.54, 1.807) is 26.1 Å². The first-order valence-electron chi connectivity index (χ1n) is 5.78. The highest BCUT2D eigenvalue weighted by molar-refractivity contribution is 7.80. The molecule has 0 aliphatic heterocycles. The molecular formula is C12H12N4O3S. The minimum Gasteiger partial charge on any atom is -0.303 e. The standard InChI is InChI=1S/C12H12N4O3S/c1-7(8-4-3-5-9(6-8)16(18)19)10(17)11-13-14-12(20)15(11)2/h3-7H,1-2H3,(H,14,20). The molecule has 0 aliphatic rings. The third-order valence-electron chi connectivity index (χ3n) is 3.05. The molecule has 20 heavy (non-hydrogen) atoms. The number of thiol groups is 1. The zero-order chi connectivity index (χ0) is 14.9. The minimum atomic E-state index is -0.550. The van der Waals surface area contributed by atoms with Crippen LogP contribution in [0.25, 0.3) is 0 Å². The maximum absolute atomic E-state index is 12.3. The largest absolute Gasteiger partial charge is 0.303 e. The number of nitrogens with zero attached hydrogens (tertiary/aromatic N) is 4. The lowest BCUT2D eigenvalue weighted by atomic mass is 9.96. The van der Waals surface area contributed by atoms with E-state index >= 15 is 0 Å². The molecule has 2 rings (SSSR count). The van der Waals surface area contributed by atoms with E-state index in [0.717, 1.165) is 0 Å². The fourth-order valence-corrected chi connectivity index (χ4v) is 1.93. The fourth-order valence-electron chi connectivity index (χ4n) is 1.79. The van der Waals surface area contributed by atoms with E-state index in [-0.39, 0.29) is 17.3 Å². The van der Waals surface area contributed by atoms with E-state index in [4.69, 9.17) is 0 Å². The Morgan fingerprint density at radius 3 is 2.70 bits per heavy atom. The summed E-state index contributed by atoms with van der Waals surface area (Å²) in [4.78, 5) is 22.6. The highest BCUT2D eigenvalue weighted by Crippen LogP contribution is 2.23. The average Bonchev–Trinajstić information content (AvgIpc) is 2.77. The molecule has 104 valence electrons. The molecule has 7 nitrogen and oxygen atoms in total. The Hall–Kier alpha value is -2.22. The van der Waals surface area contributed by atoms with Crippen LogP contribution < -0.4 is 0 Å². The number of rotatable bonds is 4. The van der Waals surface area contributed by atoms with Crippen molar-refractivity contribution < 1.29 is 9.72 Å². The molecule has 1 unspecified atom stereocenters. The number of nitro groups is 1. The summed E-state index contributed by atoms with van der Waals surface area (Å²) in [6.45, 7) is 1.67. The molecule has 0 aliphatic carbocycles. The van der Waals surface area contributed by atoms with E-state index < -0.39 is 10.8 Å². The van der Waals surface area contributed by atoms with Gasteiger partial charge in [-0.1, -0.05) is 19.1 Å². The lowest BCUT2D eigenvalue weighted by Gasteiger charge is -2.10. The molecule has 0 amide bonds. The molecule has 1 atom stereocenters. The van der Waals surface area contributed by atoms with Gasteiger partial charge in [-0.05, 0) is 5.56 Å². The summed E-state index contributed by atoms with van der Waals surface area (Å²) in [7, 11) is 1.63. The molecule has 0 saturated carbocycles. The summed E-state index contributed by atoms with van der Waals surface area (Å²) >= 11 is 4.06. The Bertz CT molecular complexity index is 683. The van der Waals surface area contributed by atoms with Gasteiger partial charge in [0, 0.05) is 25.1 Å². The van der Waals surface area contributed by atoms with Gasteiger partial charge in [0.25, 0.3) is 5.69 Å². The summed E-state index contributed by atoms with van der Waals surface area (Å²) in [6.07, 6.45) is 0. The van der Waals surface area contributed by atoms with Gasteiger partial charge in [-0.3, -0.25) is 14.9 Å². The average molecular weight is 292 g/mol. The number of benzene rings is 1. The second kappa shape index (κ2) is 5.41. The number of nitro benzene ring substituents is 1. The van der Waals surface area contributed by atoms with E-state index in [0.29, 0.717) is 10.7 Å². The van der Waals surface area contributed by atoms with Crippen LogP contribution in [-0.4, -0.2) is 25.5 Å². The Kier molecular flexibility index (Phi) is 3.84. The molecule has 1 aromatic carbocycles. The van der Waals surface area contributed by atoms with Crippen molar-refractivity contribution in [2.45, 2.75) is 18.0 Å². The molecule has 0 spiro atoms. The van der Waals surface area contributed by atoms with Crippen molar-refractivity contribution in [1.82, 2.24) is 14.8 Å². The van der Waals surface area contributed by atoms with Crippen molar-refractivity contribution in [2.75, 3.05) is 0 Å². The van der Waals surface area contributed by atoms with Crippen molar-refractivity contribution in [3.05, 3.63) is 45.8 Å². The van der Waals surface area contributed by atoms with Crippen molar-refractivity contribution >= 4 is 24.1 Å². The Balaban J connectivity index is 2.34. The Morgan fingerprint density at radius 2 is 2.15 bits per heavy atom. The summed E-state index contributed by atoms with van der Waals surface area (Å²) in [6, 6.07) is 6.00. The number of carbonyl (C=O) groups excluding carboxylic acids is 1. The van der Waals surface area contributed by atoms with E-state index in [2.05, 4.69) is 22.8 Å². The highest BCUT2D eigenvalue weighted by atomic mass is 32.1. The number of Topliss-reactive ketones (excluding diaryl/α,β-unsaturated/α-hetero) is 1. The van der Waals surface area contributed by atoms with Crippen LogP contribution >= 0.6 is 12.6 Å². The van der Waals surface area contributed by atoms with Gasteiger partial charge >= 0.3 is 0 Å². The minimum absolute atomic E-state index is 0.0463. The van der Waals surface area contributed by atoms with Crippen molar-refractivity contribution in [3.8, 4) is 0 Å². The van der Waals surface area contributed by atoms with Crippen molar-refractivity contribution in [1.29, 1.82) is 0 Å². The van der Waals surface area contributed by atoms with Gasteiger partial charge in [-0.2, -0.15) is 0 Å². The zero-order valence-electron chi connectivity index (χ0n) is 10.8. The summed E-state index contributed by atoms with van der Waals surface area (Å²) in [5.74, 6) is -0.639. The molecule has 0 radical (unpaired) electrons. The summed E-state index contributed by atoms with van der Waals surface area (Å²) in [5, 5.41) is 18.6. The monoisotopic (exact) mass is 292 g/mol. The van der Waals surface area contributed by atoms with Crippen LogP contribution in [0, 0.1) is 10.1 Å². The van der Waals surface area contributed by atoms with Gasteiger partial charge in [0.2, 0.25) is 11.6 Å². The van der Waals surface area contributed by atoms with E-state index in [9.17, 15) is 14.9 Å². The van der Waals surface area contributed by atoms with Crippen LogP contribution in [0.15, 0.2) is 29.4 Å². The highest BCUT2D eigenvalue weighted by Gasteiger charge is 2.23. The topological polar surface area (TPSA) is 90.9 Å². The smallest absolute Gasteiger partial charge is 0.269 e. The van der Waals surface area contributed by atoms with Gasteiger partial charge in [-0.25, -0.2) is 0 Å². The number of aromatic nitrogens is 3. The fraction of sp³-hybridized carbons (Fsp3) is 0.250. The number of ketones is 1. The number of non-ortho nitro benzene ring substituents is 1. The van der Waals surface area contributed by atoms with Gasteiger partial charge in [-0.15, -0.1) is 22.8 Å². The molecule has 1 aromatic heterocycles. The molecular weight excluding hydrogens is 280 g/mol. The molecule has 1 heterocycles. The van der Waals surface area contributed by atoms with Crippen molar-refractivity contribution in [3.63, 3.8) is 0 Å². The predicted octanol–water partition coefficient (Wildman–Crippen LogP) is 2.00. The van der Waals surface area contributed by atoms with Crippen LogP contribution in [0.4, 0.5) is 5.69 Å². The zero-order valence-corrected chi connectivity index (χ0v) is 11.7. The predicted molar refractivity (Wildman–Crippen MR) is 74.1 cm³/mol. The van der Waals surface area contributed by atoms with Gasteiger partial charge in [0.1, 0.15) is 0 Å². The summed E-state index contributed by atoms with van der Waals surface area (Å²) < 4.78 is 1.47. The van der Waals surface area contributed by atoms with Crippen molar-refractivity contribution in [2.24, 2.45) is 7.05 Å². The third kappa shape index (κ3) is 2.55. The van der Waals surface area contributed by atoms with E-state index in [1.807, 2.05) is 0 Å². The lowest BCUT2D eigenvalue weighted by Crippen LogP contribution is -2.15. The third-order valence-corrected chi connectivity index (χ3v) is 3.44. The first kappa shape index (κ1) is 14.2. The van der Waals surface area contributed by atoms with Crippen LogP contribution in [0.2, 0.25) is 0 Å². The maximum atomic E-state index is 12.3. The van der Waals surface area contributed by atoms with Gasteiger partial charge in [0.15, 0.2) is 5.16 Å². The van der Waals surface area contributed by atoms with Crippen LogP contribution in [0.3, 0.4) is 0 Å². The van der Waals surface area contributed by atoms with E-state index in [1.165, 1.54) is 16.7 Å². The normalized spacial score (nSPS) is 12.2. The molecule has 0 N–H and O–H groups in total. The SMILES string of the molecule is CC(C(=O)c1nnc(S)n1C)c1cccc([N+](=O)[O-])c1. The maximum Gasteiger partial charge on any atom is 0.269 e. The van der Waals surface area contributed by atoms with Crippen LogP contribution in [-0.2, 0) is 7.05 Å². The second-order valence-electron chi connectivity index (χ2n) is 4.32. The Labute approximate surface area is 120 Å². The lowest BCUT2D eigenvalue weighted by molar-refractivity contribution is -0.384. The molecule has 0 bridgehead atoms. The van der Waals surface area contributed by atoms with Crippen LogP contribution in [0.5, 0.6) is 0 Å². The number of hydrogen-bond acceptors (Lipinski definition) is 6. The number of hydrogen-bond donors (Lipinski definition) is 1. The number of carbonyl (C=O) groups is 1. The Morgan fingerprint density at radius 1 is 1.45 bits per heavy atom. The van der Waals surface area contributed by atoms with Gasteiger partial charge in [0.05, 0.1) is 4.92 Å². The molecule has 0 fully saturated rings. The molecule has 0 saturated heterocycles. The second-order valence-corrected chi connectivity index (χ2v) is 4.72. The first-order valence-corrected chi connectivity index (χ1v) is 6.23. The molecule has 8 heteroatoms. The first-order chi connectivity index (χ1) is 9.41. The van der Waals surface area contributed by atoms with Crippen LogP contribution in [0.1, 0.15) is 29.0 Å². The van der Waals surface area contributed by atoms with Gasteiger partial charge < -0.3 is 4.57 Å². The molecule has 2 aromatic rings. The quantitative estimate of drug-likeness (QED) is 0.403.